The van der Waals surface area contributed by atoms with Gasteiger partial charge in [0.2, 0.25) is 5.91 Å². The average Bonchev–Trinajstić information content (AvgIpc) is 2.33. The van der Waals surface area contributed by atoms with Crippen LogP contribution in [0.2, 0.25) is 0 Å². The summed E-state index contributed by atoms with van der Waals surface area (Å²) in [6.07, 6.45) is 0.330. The van der Waals surface area contributed by atoms with Gasteiger partial charge >= 0.3 is 0 Å². The van der Waals surface area contributed by atoms with E-state index < -0.39 is 0 Å². The zero-order valence-corrected chi connectivity index (χ0v) is 12.2. The second-order valence-electron chi connectivity index (χ2n) is 5.50. The maximum atomic E-state index is 11.7. The molecule has 4 heteroatoms. The van der Waals surface area contributed by atoms with Crippen LogP contribution in [0.3, 0.4) is 0 Å². The molecule has 1 rings (SSSR count). The van der Waals surface area contributed by atoms with Crippen LogP contribution in [0.25, 0.3) is 0 Å². The molecule has 0 aromatic heterocycles. The van der Waals surface area contributed by atoms with Crippen LogP contribution in [0.1, 0.15) is 31.4 Å². The molecule has 106 valence electrons. The van der Waals surface area contributed by atoms with Gasteiger partial charge in [0.05, 0.1) is 13.0 Å². The molecule has 0 spiro atoms. The lowest BCUT2D eigenvalue weighted by Crippen LogP contribution is -2.49. The van der Waals surface area contributed by atoms with E-state index in [-0.39, 0.29) is 11.4 Å². The van der Waals surface area contributed by atoms with Crippen molar-refractivity contribution in [1.29, 1.82) is 0 Å². The van der Waals surface area contributed by atoms with Gasteiger partial charge in [0.1, 0.15) is 5.75 Å². The molecule has 0 saturated heterocycles. The maximum Gasteiger partial charge on any atom is 0.223 e. The van der Waals surface area contributed by atoms with Gasteiger partial charge in [-0.1, -0.05) is 12.1 Å². The number of hydrogen-bond donors (Lipinski definition) is 2. The molecule has 0 atom stereocenters. The van der Waals surface area contributed by atoms with Gasteiger partial charge in [0, 0.05) is 12.1 Å². The first-order valence-electron chi connectivity index (χ1n) is 6.55. The Hall–Kier alpha value is -1.55. The minimum atomic E-state index is -0.365. The molecule has 1 amide bonds. The number of aryl methyl sites for hydroxylation is 2. The van der Waals surface area contributed by atoms with Crippen molar-refractivity contribution in [2.75, 3.05) is 13.2 Å². The molecule has 0 saturated carbocycles. The largest absolute Gasteiger partial charge is 0.493 e. The van der Waals surface area contributed by atoms with Gasteiger partial charge in [0.15, 0.2) is 0 Å². The molecule has 0 aliphatic heterocycles. The smallest absolute Gasteiger partial charge is 0.223 e. The Morgan fingerprint density at radius 2 is 2.05 bits per heavy atom. The Labute approximate surface area is 115 Å². The number of amides is 1. The van der Waals surface area contributed by atoms with Crippen molar-refractivity contribution in [2.24, 2.45) is 5.73 Å². The zero-order valence-electron chi connectivity index (χ0n) is 12.2. The number of benzene rings is 1. The van der Waals surface area contributed by atoms with E-state index >= 15 is 0 Å². The highest BCUT2D eigenvalue weighted by Crippen LogP contribution is 2.19. The number of ether oxygens (including phenoxy) is 1. The number of rotatable bonds is 6. The molecule has 0 aliphatic rings. The fourth-order valence-electron chi connectivity index (χ4n) is 1.61. The fourth-order valence-corrected chi connectivity index (χ4v) is 1.61. The van der Waals surface area contributed by atoms with Crippen molar-refractivity contribution < 1.29 is 9.53 Å². The lowest BCUT2D eigenvalue weighted by atomic mass is 10.1. The van der Waals surface area contributed by atoms with Crippen LogP contribution in [-0.4, -0.2) is 24.6 Å². The van der Waals surface area contributed by atoms with Crippen LogP contribution in [0.15, 0.2) is 18.2 Å². The van der Waals surface area contributed by atoms with E-state index in [1.165, 1.54) is 0 Å². The van der Waals surface area contributed by atoms with E-state index in [9.17, 15) is 4.79 Å². The minimum absolute atomic E-state index is 0.0410. The van der Waals surface area contributed by atoms with Crippen molar-refractivity contribution in [3.63, 3.8) is 0 Å². The third-order valence-electron chi connectivity index (χ3n) is 2.92. The Balaban J connectivity index is 2.42. The number of carbonyl (C=O) groups is 1. The second-order valence-corrected chi connectivity index (χ2v) is 5.50. The van der Waals surface area contributed by atoms with Gasteiger partial charge in [-0.25, -0.2) is 0 Å². The highest BCUT2D eigenvalue weighted by atomic mass is 16.5. The molecule has 0 fully saturated rings. The summed E-state index contributed by atoms with van der Waals surface area (Å²) in [5.41, 5.74) is 7.42. The summed E-state index contributed by atoms with van der Waals surface area (Å²) >= 11 is 0. The van der Waals surface area contributed by atoms with Crippen LogP contribution < -0.4 is 15.8 Å². The molecule has 0 aliphatic carbocycles. The van der Waals surface area contributed by atoms with Crippen LogP contribution >= 0.6 is 0 Å². The number of hydrogen-bond acceptors (Lipinski definition) is 3. The van der Waals surface area contributed by atoms with Crippen molar-refractivity contribution in [1.82, 2.24) is 5.32 Å². The predicted octanol–water partition coefficient (Wildman–Crippen LogP) is 1.93. The molecule has 3 N–H and O–H groups in total. The van der Waals surface area contributed by atoms with Crippen LogP contribution in [0.4, 0.5) is 0 Å². The van der Waals surface area contributed by atoms with Gasteiger partial charge in [-0.15, -0.1) is 0 Å². The maximum absolute atomic E-state index is 11.7. The monoisotopic (exact) mass is 264 g/mol. The van der Waals surface area contributed by atoms with Gasteiger partial charge in [-0.3, -0.25) is 4.79 Å². The summed E-state index contributed by atoms with van der Waals surface area (Å²) < 4.78 is 5.64. The zero-order chi connectivity index (χ0) is 14.5. The second kappa shape index (κ2) is 6.57. The Kier molecular flexibility index (Phi) is 5.36. The van der Waals surface area contributed by atoms with Crippen molar-refractivity contribution in [2.45, 2.75) is 39.7 Å². The van der Waals surface area contributed by atoms with E-state index in [0.717, 1.165) is 16.9 Å². The Bertz CT molecular complexity index is 442. The first-order valence-corrected chi connectivity index (χ1v) is 6.55. The normalized spacial score (nSPS) is 11.2. The van der Waals surface area contributed by atoms with Crippen LogP contribution in [-0.2, 0) is 4.79 Å². The summed E-state index contributed by atoms with van der Waals surface area (Å²) in [6, 6.07) is 6.04. The predicted molar refractivity (Wildman–Crippen MR) is 77.3 cm³/mol. The molecule has 4 nitrogen and oxygen atoms in total. The quantitative estimate of drug-likeness (QED) is 0.825. The van der Waals surface area contributed by atoms with E-state index in [4.69, 9.17) is 10.5 Å². The van der Waals surface area contributed by atoms with E-state index in [0.29, 0.717) is 19.6 Å². The van der Waals surface area contributed by atoms with Gasteiger partial charge in [0.25, 0.3) is 0 Å². The molecular weight excluding hydrogens is 240 g/mol. The molecular formula is C15H24N2O2. The third-order valence-corrected chi connectivity index (χ3v) is 2.92. The molecule has 1 aromatic rings. The highest BCUT2D eigenvalue weighted by Gasteiger charge is 2.17. The molecule has 0 radical (unpaired) electrons. The van der Waals surface area contributed by atoms with Gasteiger partial charge in [-0.2, -0.15) is 0 Å². The minimum Gasteiger partial charge on any atom is -0.493 e. The molecule has 1 aromatic carbocycles. The summed E-state index contributed by atoms with van der Waals surface area (Å²) in [6.45, 7) is 8.59. The lowest BCUT2D eigenvalue weighted by molar-refractivity contribution is -0.123. The van der Waals surface area contributed by atoms with E-state index in [1.807, 2.05) is 45.9 Å². The molecule has 0 heterocycles. The highest BCUT2D eigenvalue weighted by molar-refractivity contribution is 5.76. The van der Waals surface area contributed by atoms with E-state index in [1.54, 1.807) is 0 Å². The summed E-state index contributed by atoms with van der Waals surface area (Å²) in [5.74, 6) is 0.798. The Morgan fingerprint density at radius 1 is 1.37 bits per heavy atom. The van der Waals surface area contributed by atoms with Crippen molar-refractivity contribution in [3.05, 3.63) is 29.3 Å². The average molecular weight is 264 g/mol. The summed E-state index contributed by atoms with van der Waals surface area (Å²) in [4.78, 5) is 11.7. The Morgan fingerprint density at radius 3 is 2.68 bits per heavy atom. The number of nitrogens with one attached hydrogen (secondary N) is 1. The molecule has 0 bridgehead atoms. The van der Waals surface area contributed by atoms with Crippen molar-refractivity contribution >= 4 is 5.91 Å². The first-order chi connectivity index (χ1) is 8.84. The summed E-state index contributed by atoms with van der Waals surface area (Å²) in [5, 5.41) is 2.87. The van der Waals surface area contributed by atoms with Crippen LogP contribution in [0, 0.1) is 13.8 Å². The van der Waals surface area contributed by atoms with Gasteiger partial charge < -0.3 is 15.8 Å². The summed E-state index contributed by atoms with van der Waals surface area (Å²) in [7, 11) is 0. The van der Waals surface area contributed by atoms with Crippen LogP contribution in [0.5, 0.6) is 5.75 Å². The first kappa shape index (κ1) is 15.5. The van der Waals surface area contributed by atoms with E-state index in [2.05, 4.69) is 5.32 Å². The number of nitrogens with two attached hydrogens (primary N) is 1. The third kappa shape index (κ3) is 5.30. The lowest BCUT2D eigenvalue weighted by Gasteiger charge is -2.24. The van der Waals surface area contributed by atoms with Gasteiger partial charge in [-0.05, 0) is 44.9 Å². The fraction of sp³-hybridized carbons (Fsp3) is 0.533. The standard InChI is InChI=1S/C15H24N2O2/c1-11-5-6-12(2)13(9-11)19-8-7-14(18)17-15(3,4)10-16/h5-6,9H,7-8,10,16H2,1-4H3,(H,17,18). The van der Waals surface area contributed by atoms with Crippen molar-refractivity contribution in [3.8, 4) is 5.75 Å². The SMILES string of the molecule is Cc1ccc(C)c(OCCC(=O)NC(C)(C)CN)c1. The molecule has 0 unspecified atom stereocenters. The molecule has 19 heavy (non-hydrogen) atoms. The number of carbonyl (C=O) groups excluding carboxylic acids is 1. The topological polar surface area (TPSA) is 64.3 Å².